The molecule has 15 heavy (non-hydrogen) atoms. The van der Waals surface area contributed by atoms with Crippen molar-refractivity contribution in [1.29, 1.82) is 0 Å². The van der Waals surface area contributed by atoms with Crippen molar-refractivity contribution in [1.82, 2.24) is 5.32 Å². The molecular weight excluding hydrogens is 206 g/mol. The summed E-state index contributed by atoms with van der Waals surface area (Å²) in [5, 5.41) is 4.42. The molecule has 1 fully saturated rings. The SMILES string of the molecule is Cc1cc(CNC2CC2(C)C)ccc1Cl. The molecule has 82 valence electrons. The van der Waals surface area contributed by atoms with Crippen LogP contribution in [-0.4, -0.2) is 6.04 Å². The highest BCUT2D eigenvalue weighted by Gasteiger charge is 2.44. The van der Waals surface area contributed by atoms with E-state index in [4.69, 9.17) is 11.6 Å². The molecule has 0 aliphatic heterocycles. The van der Waals surface area contributed by atoms with Crippen LogP contribution in [0, 0.1) is 12.3 Å². The average molecular weight is 224 g/mol. The van der Waals surface area contributed by atoms with Crippen molar-refractivity contribution >= 4 is 11.6 Å². The fourth-order valence-electron chi connectivity index (χ4n) is 1.87. The Morgan fingerprint density at radius 2 is 2.13 bits per heavy atom. The molecule has 1 saturated carbocycles. The molecule has 0 heterocycles. The minimum Gasteiger partial charge on any atom is -0.309 e. The third-order valence-electron chi connectivity index (χ3n) is 3.29. The molecule has 1 atom stereocenters. The van der Waals surface area contributed by atoms with Gasteiger partial charge in [0.25, 0.3) is 0 Å². The molecule has 1 aliphatic rings. The highest BCUT2D eigenvalue weighted by molar-refractivity contribution is 6.31. The smallest absolute Gasteiger partial charge is 0.0435 e. The summed E-state index contributed by atoms with van der Waals surface area (Å²) in [6.07, 6.45) is 1.29. The second-order valence-electron chi connectivity index (χ2n) is 5.21. The van der Waals surface area contributed by atoms with Crippen LogP contribution >= 0.6 is 11.6 Å². The Hall–Kier alpha value is -0.530. The number of rotatable bonds is 3. The molecule has 0 radical (unpaired) electrons. The molecule has 1 aliphatic carbocycles. The summed E-state index contributed by atoms with van der Waals surface area (Å²) < 4.78 is 0. The molecule has 0 bridgehead atoms. The van der Waals surface area contributed by atoms with Crippen LogP contribution < -0.4 is 5.32 Å². The first-order valence-electron chi connectivity index (χ1n) is 5.47. The van der Waals surface area contributed by atoms with E-state index in [0.717, 1.165) is 17.1 Å². The maximum absolute atomic E-state index is 5.98. The quantitative estimate of drug-likeness (QED) is 0.827. The van der Waals surface area contributed by atoms with Crippen LogP contribution in [0.1, 0.15) is 31.4 Å². The van der Waals surface area contributed by atoms with E-state index in [1.807, 2.05) is 13.0 Å². The van der Waals surface area contributed by atoms with Crippen LogP contribution in [0.4, 0.5) is 0 Å². The van der Waals surface area contributed by atoms with Crippen LogP contribution in [0.2, 0.25) is 5.02 Å². The van der Waals surface area contributed by atoms with Gasteiger partial charge in [-0.3, -0.25) is 0 Å². The number of hydrogen-bond acceptors (Lipinski definition) is 1. The van der Waals surface area contributed by atoms with Crippen molar-refractivity contribution in [3.05, 3.63) is 34.3 Å². The molecule has 0 spiro atoms. The van der Waals surface area contributed by atoms with E-state index in [-0.39, 0.29) is 0 Å². The van der Waals surface area contributed by atoms with Crippen molar-refractivity contribution < 1.29 is 0 Å². The first kappa shape index (κ1) is 11.0. The highest BCUT2D eigenvalue weighted by atomic mass is 35.5. The van der Waals surface area contributed by atoms with Crippen LogP contribution in [0.5, 0.6) is 0 Å². The lowest BCUT2D eigenvalue weighted by Crippen LogP contribution is -2.19. The number of aryl methyl sites for hydroxylation is 1. The molecule has 1 unspecified atom stereocenters. The Morgan fingerprint density at radius 3 is 2.67 bits per heavy atom. The standard InChI is InChI=1S/C13H18ClN/c1-9-6-10(4-5-11(9)14)8-15-12-7-13(12,2)3/h4-6,12,15H,7-8H2,1-3H3. The fourth-order valence-corrected chi connectivity index (χ4v) is 1.99. The summed E-state index contributed by atoms with van der Waals surface area (Å²) in [7, 11) is 0. The molecule has 1 nitrogen and oxygen atoms in total. The minimum atomic E-state index is 0.501. The van der Waals surface area contributed by atoms with Gasteiger partial charge in [0.05, 0.1) is 0 Å². The van der Waals surface area contributed by atoms with Crippen LogP contribution in [0.3, 0.4) is 0 Å². The predicted octanol–water partition coefficient (Wildman–Crippen LogP) is 3.54. The number of halogens is 1. The monoisotopic (exact) mass is 223 g/mol. The van der Waals surface area contributed by atoms with Gasteiger partial charge in [-0.25, -0.2) is 0 Å². The molecule has 2 rings (SSSR count). The Bertz CT molecular complexity index is 371. The zero-order valence-electron chi connectivity index (χ0n) is 9.60. The van der Waals surface area contributed by atoms with E-state index >= 15 is 0 Å². The van der Waals surface area contributed by atoms with Crippen molar-refractivity contribution in [2.75, 3.05) is 0 Å². The second kappa shape index (κ2) is 3.80. The lowest BCUT2D eigenvalue weighted by molar-refractivity contribution is 0.542. The number of nitrogens with one attached hydrogen (secondary N) is 1. The van der Waals surface area contributed by atoms with Gasteiger partial charge >= 0.3 is 0 Å². The minimum absolute atomic E-state index is 0.501. The predicted molar refractivity (Wildman–Crippen MR) is 65.2 cm³/mol. The van der Waals surface area contributed by atoms with Gasteiger partial charge in [-0.2, -0.15) is 0 Å². The summed E-state index contributed by atoms with van der Waals surface area (Å²) in [5.41, 5.74) is 2.98. The summed E-state index contributed by atoms with van der Waals surface area (Å²) in [6, 6.07) is 6.92. The van der Waals surface area contributed by atoms with E-state index in [2.05, 4.69) is 31.3 Å². The Kier molecular flexibility index (Phi) is 2.78. The van der Waals surface area contributed by atoms with Gasteiger partial charge in [-0.1, -0.05) is 37.6 Å². The second-order valence-corrected chi connectivity index (χ2v) is 5.62. The van der Waals surface area contributed by atoms with Gasteiger partial charge in [0.1, 0.15) is 0 Å². The summed E-state index contributed by atoms with van der Waals surface area (Å²) in [5.74, 6) is 0. The van der Waals surface area contributed by atoms with Crippen LogP contribution in [-0.2, 0) is 6.54 Å². The molecule has 2 heteroatoms. The normalized spacial score (nSPS) is 22.8. The molecule has 1 N–H and O–H groups in total. The van der Waals surface area contributed by atoms with E-state index < -0.39 is 0 Å². The Balaban J connectivity index is 1.92. The Morgan fingerprint density at radius 1 is 1.47 bits per heavy atom. The Labute approximate surface area is 96.8 Å². The van der Waals surface area contributed by atoms with Crippen LogP contribution in [0.15, 0.2) is 18.2 Å². The summed E-state index contributed by atoms with van der Waals surface area (Å²) in [6.45, 7) is 7.61. The third-order valence-corrected chi connectivity index (χ3v) is 3.71. The van der Waals surface area contributed by atoms with Gasteiger partial charge in [-0.05, 0) is 36.0 Å². The van der Waals surface area contributed by atoms with Gasteiger partial charge < -0.3 is 5.32 Å². The highest BCUT2D eigenvalue weighted by Crippen LogP contribution is 2.44. The third kappa shape index (κ3) is 2.53. The topological polar surface area (TPSA) is 12.0 Å². The summed E-state index contributed by atoms with van der Waals surface area (Å²) >= 11 is 5.98. The number of hydrogen-bond donors (Lipinski definition) is 1. The largest absolute Gasteiger partial charge is 0.309 e. The average Bonchev–Trinajstić information content (AvgIpc) is 2.77. The maximum atomic E-state index is 5.98. The van der Waals surface area contributed by atoms with Crippen LogP contribution in [0.25, 0.3) is 0 Å². The van der Waals surface area contributed by atoms with E-state index in [9.17, 15) is 0 Å². The molecule has 0 amide bonds. The molecule has 1 aromatic rings. The fraction of sp³-hybridized carbons (Fsp3) is 0.538. The molecular formula is C13H18ClN. The van der Waals surface area contributed by atoms with Crippen molar-refractivity contribution in [2.24, 2.45) is 5.41 Å². The van der Waals surface area contributed by atoms with E-state index in [1.54, 1.807) is 0 Å². The zero-order valence-corrected chi connectivity index (χ0v) is 10.4. The zero-order chi connectivity index (χ0) is 11.1. The lowest BCUT2D eigenvalue weighted by Gasteiger charge is -2.07. The van der Waals surface area contributed by atoms with Crippen molar-refractivity contribution in [3.63, 3.8) is 0 Å². The van der Waals surface area contributed by atoms with Gasteiger partial charge in [-0.15, -0.1) is 0 Å². The molecule has 1 aromatic carbocycles. The van der Waals surface area contributed by atoms with Gasteiger partial charge in [0, 0.05) is 17.6 Å². The van der Waals surface area contributed by atoms with E-state index in [0.29, 0.717) is 11.5 Å². The van der Waals surface area contributed by atoms with Crippen molar-refractivity contribution in [3.8, 4) is 0 Å². The first-order chi connectivity index (χ1) is 6.99. The summed E-state index contributed by atoms with van der Waals surface area (Å²) in [4.78, 5) is 0. The number of benzene rings is 1. The van der Waals surface area contributed by atoms with E-state index in [1.165, 1.54) is 12.0 Å². The van der Waals surface area contributed by atoms with Gasteiger partial charge in [0.2, 0.25) is 0 Å². The van der Waals surface area contributed by atoms with Gasteiger partial charge in [0.15, 0.2) is 0 Å². The molecule has 0 aromatic heterocycles. The lowest BCUT2D eigenvalue weighted by atomic mass is 10.1. The molecule has 0 saturated heterocycles. The first-order valence-corrected chi connectivity index (χ1v) is 5.85. The van der Waals surface area contributed by atoms with Crippen molar-refractivity contribution in [2.45, 2.75) is 39.8 Å². The maximum Gasteiger partial charge on any atom is 0.0435 e.